The standard InChI is InChI=1S/C25H44IN3O10/c1-16(31)28-22-24(36)23(35)19(14-30)39-25(22)37-11-7-3-4-8-20(33)27-10-6-2-5-9-21(34)29-13-18(32)12-17(29)15-38-26/h17-19,22-25,30,32,35-36H,2-15H2,1H3,(H,27,33)(H,28,31)/t17-,18+,19?,22?,23?,24?,25?/m0/s1. The fourth-order valence-electron chi connectivity index (χ4n) is 4.84. The molecule has 0 aromatic rings. The molecule has 2 rings (SSSR count). The lowest BCUT2D eigenvalue weighted by Crippen LogP contribution is -2.64. The largest absolute Gasteiger partial charge is 0.394 e. The first kappa shape index (κ1) is 34.1. The quantitative estimate of drug-likeness (QED) is 0.0870. The van der Waals surface area contributed by atoms with Crippen molar-refractivity contribution in [1.29, 1.82) is 0 Å². The molecule has 2 aliphatic rings. The predicted molar refractivity (Wildman–Crippen MR) is 147 cm³/mol. The minimum Gasteiger partial charge on any atom is -0.394 e. The molecule has 0 saturated carbocycles. The first-order chi connectivity index (χ1) is 18.7. The summed E-state index contributed by atoms with van der Waals surface area (Å²) < 4.78 is 16.3. The van der Waals surface area contributed by atoms with E-state index in [-0.39, 0.29) is 24.5 Å². The molecule has 3 amide bonds. The van der Waals surface area contributed by atoms with E-state index in [4.69, 9.17) is 12.5 Å². The molecule has 13 nitrogen and oxygen atoms in total. The van der Waals surface area contributed by atoms with E-state index in [0.717, 1.165) is 25.7 Å². The number of amides is 3. The summed E-state index contributed by atoms with van der Waals surface area (Å²) in [6, 6.07) is -1.04. The van der Waals surface area contributed by atoms with E-state index in [1.807, 2.05) is 0 Å². The highest BCUT2D eigenvalue weighted by molar-refractivity contribution is 14.1. The molecule has 226 valence electrons. The fourth-order valence-corrected chi connectivity index (χ4v) is 5.26. The first-order valence-electron chi connectivity index (χ1n) is 13.7. The van der Waals surface area contributed by atoms with Crippen molar-refractivity contribution in [3.63, 3.8) is 0 Å². The zero-order chi connectivity index (χ0) is 28.8. The van der Waals surface area contributed by atoms with Crippen LogP contribution < -0.4 is 10.6 Å². The van der Waals surface area contributed by atoms with Crippen LogP contribution in [0.4, 0.5) is 0 Å². The molecule has 0 spiro atoms. The summed E-state index contributed by atoms with van der Waals surface area (Å²) in [6.45, 7) is 2.35. The van der Waals surface area contributed by atoms with Gasteiger partial charge in [0.25, 0.3) is 0 Å². The molecule has 0 radical (unpaired) electrons. The number of unbranched alkanes of at least 4 members (excludes halogenated alkanes) is 4. The number of aliphatic hydroxyl groups is 4. The van der Waals surface area contributed by atoms with Gasteiger partial charge in [-0.25, -0.2) is 0 Å². The van der Waals surface area contributed by atoms with Gasteiger partial charge in [0.1, 0.15) is 47.4 Å². The number of carbonyl (C=O) groups is 3. The second-order valence-electron chi connectivity index (χ2n) is 10.1. The van der Waals surface area contributed by atoms with Crippen molar-refractivity contribution in [2.24, 2.45) is 0 Å². The molecule has 39 heavy (non-hydrogen) atoms. The summed E-state index contributed by atoms with van der Waals surface area (Å²) in [6.07, 6.45) is 0.422. The van der Waals surface area contributed by atoms with E-state index in [1.165, 1.54) is 6.92 Å². The van der Waals surface area contributed by atoms with Crippen LogP contribution in [0.5, 0.6) is 0 Å². The van der Waals surface area contributed by atoms with Gasteiger partial charge in [-0.1, -0.05) is 12.8 Å². The molecule has 5 unspecified atom stereocenters. The van der Waals surface area contributed by atoms with Gasteiger partial charge in [0.15, 0.2) is 6.29 Å². The maximum Gasteiger partial charge on any atom is 0.222 e. The van der Waals surface area contributed by atoms with E-state index < -0.39 is 49.3 Å². The lowest BCUT2D eigenvalue weighted by Gasteiger charge is -2.42. The normalized spacial score (nSPS) is 28.9. The number of carbonyl (C=O) groups excluding carboxylic acids is 3. The highest BCUT2D eigenvalue weighted by Crippen LogP contribution is 2.23. The van der Waals surface area contributed by atoms with Gasteiger partial charge in [-0.05, 0) is 32.1 Å². The number of halogens is 1. The number of ether oxygens (including phenoxy) is 2. The van der Waals surface area contributed by atoms with Crippen LogP contribution in [-0.2, 0) is 26.9 Å². The highest BCUT2D eigenvalue weighted by atomic mass is 127. The molecule has 14 heteroatoms. The summed E-state index contributed by atoms with van der Waals surface area (Å²) in [4.78, 5) is 37.7. The second kappa shape index (κ2) is 18.3. The number of hydrogen-bond donors (Lipinski definition) is 6. The Kier molecular flexibility index (Phi) is 16.0. The van der Waals surface area contributed by atoms with Gasteiger partial charge < -0.3 is 48.5 Å². The third-order valence-electron chi connectivity index (χ3n) is 6.94. The molecule has 2 fully saturated rings. The highest BCUT2D eigenvalue weighted by Gasteiger charge is 2.45. The van der Waals surface area contributed by atoms with E-state index in [0.29, 0.717) is 51.8 Å². The van der Waals surface area contributed by atoms with Crippen molar-refractivity contribution in [2.75, 3.05) is 32.9 Å². The third kappa shape index (κ3) is 11.7. The van der Waals surface area contributed by atoms with Crippen molar-refractivity contribution in [3.05, 3.63) is 0 Å². The number of hydrogen-bond acceptors (Lipinski definition) is 10. The van der Waals surface area contributed by atoms with Gasteiger partial charge in [-0.2, -0.15) is 0 Å². The van der Waals surface area contributed by atoms with Gasteiger partial charge in [0, 0.05) is 39.5 Å². The lowest BCUT2D eigenvalue weighted by atomic mass is 9.97. The number of rotatable bonds is 17. The first-order valence-corrected chi connectivity index (χ1v) is 14.5. The molecule has 7 atom stereocenters. The Balaban J connectivity index is 1.52. The maximum absolute atomic E-state index is 12.4. The van der Waals surface area contributed by atoms with Crippen LogP contribution in [0.15, 0.2) is 0 Å². The van der Waals surface area contributed by atoms with E-state index in [1.54, 1.807) is 27.9 Å². The van der Waals surface area contributed by atoms with Crippen LogP contribution in [0.3, 0.4) is 0 Å². The predicted octanol–water partition coefficient (Wildman–Crippen LogP) is -0.488. The number of nitrogens with one attached hydrogen (secondary N) is 2. The molecule has 0 aliphatic carbocycles. The molecule has 2 heterocycles. The summed E-state index contributed by atoms with van der Waals surface area (Å²) in [7, 11) is 0. The topological polar surface area (TPSA) is 187 Å². The van der Waals surface area contributed by atoms with Gasteiger partial charge in [0.05, 0.1) is 25.4 Å². The molecule has 0 aromatic carbocycles. The minimum absolute atomic E-state index is 0.0284. The molecular weight excluding hydrogens is 629 g/mol. The maximum atomic E-state index is 12.4. The lowest BCUT2D eigenvalue weighted by molar-refractivity contribution is -0.270. The molecule has 6 N–H and O–H groups in total. The summed E-state index contributed by atoms with van der Waals surface area (Å²) >= 11 is 1.80. The van der Waals surface area contributed by atoms with Crippen LogP contribution in [0, 0.1) is 0 Å². The fraction of sp³-hybridized carbons (Fsp3) is 0.880. The number of nitrogens with zero attached hydrogens (tertiary/aromatic N) is 1. The zero-order valence-corrected chi connectivity index (χ0v) is 24.7. The van der Waals surface area contributed by atoms with Crippen molar-refractivity contribution in [2.45, 2.75) is 108 Å². The zero-order valence-electron chi connectivity index (χ0n) is 22.5. The Morgan fingerprint density at radius 2 is 1.74 bits per heavy atom. The van der Waals surface area contributed by atoms with Gasteiger partial charge in [0.2, 0.25) is 17.7 Å². The van der Waals surface area contributed by atoms with E-state index in [9.17, 15) is 34.8 Å². The van der Waals surface area contributed by atoms with E-state index >= 15 is 0 Å². The molecule has 2 aliphatic heterocycles. The second-order valence-corrected chi connectivity index (χ2v) is 10.8. The van der Waals surface area contributed by atoms with Gasteiger partial charge >= 0.3 is 0 Å². The number of β-amino-alcohol motifs (C(OH)–C–C–N with tert-alkyl or cyclic N) is 1. The van der Waals surface area contributed by atoms with Gasteiger partial charge in [-0.15, -0.1) is 0 Å². The SMILES string of the molecule is CC(=O)NC1C(OCCCCCC(=O)NCCCCCC(=O)N2C[C@H](O)C[C@H]2COI)OC(CO)C(O)C1O. The molecule has 0 aromatic heterocycles. The Morgan fingerprint density at radius 1 is 1.03 bits per heavy atom. The number of likely N-dealkylation sites (tertiary alicyclic amines) is 1. The Bertz CT molecular complexity index is 764. The Labute approximate surface area is 243 Å². The van der Waals surface area contributed by atoms with Crippen LogP contribution >= 0.6 is 23.0 Å². The van der Waals surface area contributed by atoms with E-state index in [2.05, 4.69) is 10.6 Å². The average Bonchev–Trinajstić information content (AvgIpc) is 3.27. The molecule has 0 bridgehead atoms. The Hall–Kier alpha value is -1.14. The molecular formula is C25H44IN3O10. The van der Waals surface area contributed by atoms with Crippen molar-refractivity contribution in [3.8, 4) is 0 Å². The van der Waals surface area contributed by atoms with Crippen LogP contribution in [-0.4, -0.2) is 119 Å². The average molecular weight is 674 g/mol. The summed E-state index contributed by atoms with van der Waals surface area (Å²) in [5, 5.41) is 44.9. The van der Waals surface area contributed by atoms with Crippen LogP contribution in [0.2, 0.25) is 0 Å². The van der Waals surface area contributed by atoms with Crippen molar-refractivity contribution >= 4 is 40.7 Å². The van der Waals surface area contributed by atoms with Crippen LogP contribution in [0.1, 0.15) is 64.7 Å². The third-order valence-corrected chi connectivity index (χ3v) is 7.30. The summed E-state index contributed by atoms with van der Waals surface area (Å²) in [5.41, 5.74) is 0. The smallest absolute Gasteiger partial charge is 0.222 e. The van der Waals surface area contributed by atoms with Crippen LogP contribution in [0.25, 0.3) is 0 Å². The van der Waals surface area contributed by atoms with Crippen molar-refractivity contribution < 1.29 is 47.3 Å². The summed E-state index contributed by atoms with van der Waals surface area (Å²) in [5.74, 6) is -0.423. The monoisotopic (exact) mass is 673 g/mol. The van der Waals surface area contributed by atoms with Crippen molar-refractivity contribution in [1.82, 2.24) is 15.5 Å². The molecule has 2 saturated heterocycles. The van der Waals surface area contributed by atoms with Gasteiger partial charge in [-0.3, -0.25) is 14.4 Å². The minimum atomic E-state index is -1.36. The number of aliphatic hydroxyl groups excluding tert-OH is 4. The Morgan fingerprint density at radius 3 is 2.44 bits per heavy atom.